The van der Waals surface area contributed by atoms with E-state index < -0.39 is 17.6 Å². The van der Waals surface area contributed by atoms with Crippen molar-refractivity contribution in [1.82, 2.24) is 15.0 Å². The summed E-state index contributed by atoms with van der Waals surface area (Å²) < 4.78 is 27.0. The number of halogens is 2. The van der Waals surface area contributed by atoms with Crippen molar-refractivity contribution in [3.63, 3.8) is 0 Å². The molecule has 0 amide bonds. The lowest BCUT2D eigenvalue weighted by atomic mass is 10.3. The highest BCUT2D eigenvalue weighted by molar-refractivity contribution is 5.74. The Morgan fingerprint density at radius 2 is 2.06 bits per heavy atom. The molecule has 1 heterocycles. The number of fused-ring (bicyclic) bond motifs is 1. The molecule has 5 nitrogen and oxygen atoms in total. The van der Waals surface area contributed by atoms with Crippen LogP contribution < -0.4 is 0 Å². The number of hydrogen-bond acceptors (Lipinski definition) is 3. The van der Waals surface area contributed by atoms with E-state index in [1.54, 1.807) is 0 Å². The van der Waals surface area contributed by atoms with E-state index in [4.69, 9.17) is 5.11 Å². The quantitative estimate of drug-likeness (QED) is 0.854. The number of aryl methyl sites for hydroxylation is 1. The number of carboxylic acids is 1. The van der Waals surface area contributed by atoms with Gasteiger partial charge in [-0.05, 0) is 0 Å². The van der Waals surface area contributed by atoms with Gasteiger partial charge in [0.25, 0.3) is 0 Å². The van der Waals surface area contributed by atoms with E-state index in [0.29, 0.717) is 0 Å². The standard InChI is InChI=1S/C9H7F2N3O2/c10-5-3-7-8(4-6(5)11)14(13-12-7)2-1-9(15)16/h3-4H,1-2H2,(H,15,16). The van der Waals surface area contributed by atoms with Crippen LogP contribution >= 0.6 is 0 Å². The summed E-state index contributed by atoms with van der Waals surface area (Å²) in [6.45, 7) is 0.0664. The highest BCUT2D eigenvalue weighted by atomic mass is 19.2. The van der Waals surface area contributed by atoms with Crippen molar-refractivity contribution in [2.24, 2.45) is 0 Å². The zero-order valence-corrected chi connectivity index (χ0v) is 8.02. The molecule has 0 saturated carbocycles. The second kappa shape index (κ2) is 3.84. The Hall–Kier alpha value is -2.05. The largest absolute Gasteiger partial charge is 0.481 e. The number of benzene rings is 1. The predicted octanol–water partition coefficient (Wildman–Crippen LogP) is 1.18. The molecule has 1 N–H and O–H groups in total. The molecule has 0 saturated heterocycles. The van der Waals surface area contributed by atoms with Crippen molar-refractivity contribution in [1.29, 1.82) is 0 Å². The number of rotatable bonds is 3. The van der Waals surface area contributed by atoms with Gasteiger partial charge >= 0.3 is 5.97 Å². The second-order valence-electron chi connectivity index (χ2n) is 3.21. The lowest BCUT2D eigenvalue weighted by Crippen LogP contribution is -2.06. The molecule has 1 aromatic carbocycles. The van der Waals surface area contributed by atoms with Crippen LogP contribution in [0.2, 0.25) is 0 Å². The van der Waals surface area contributed by atoms with Crippen molar-refractivity contribution >= 4 is 17.0 Å². The molecule has 7 heteroatoms. The minimum Gasteiger partial charge on any atom is -0.481 e. The zero-order valence-electron chi connectivity index (χ0n) is 8.02. The van der Waals surface area contributed by atoms with Gasteiger partial charge in [-0.2, -0.15) is 0 Å². The van der Waals surface area contributed by atoms with Crippen LogP contribution in [0, 0.1) is 11.6 Å². The first-order valence-electron chi connectivity index (χ1n) is 4.48. The molecule has 0 radical (unpaired) electrons. The maximum Gasteiger partial charge on any atom is 0.305 e. The molecule has 2 rings (SSSR count). The fourth-order valence-electron chi connectivity index (χ4n) is 1.33. The fraction of sp³-hybridized carbons (Fsp3) is 0.222. The van der Waals surface area contributed by atoms with E-state index in [1.165, 1.54) is 4.68 Å². The second-order valence-corrected chi connectivity index (χ2v) is 3.21. The number of aromatic nitrogens is 3. The molecule has 16 heavy (non-hydrogen) atoms. The van der Waals surface area contributed by atoms with Gasteiger partial charge < -0.3 is 5.11 Å². The van der Waals surface area contributed by atoms with Crippen molar-refractivity contribution in [2.75, 3.05) is 0 Å². The molecule has 0 atom stereocenters. The Balaban J connectivity index is 2.40. The van der Waals surface area contributed by atoms with Crippen LogP contribution in [-0.2, 0) is 11.3 Å². The average Bonchev–Trinajstić information content (AvgIpc) is 2.58. The van der Waals surface area contributed by atoms with Gasteiger partial charge in [0.05, 0.1) is 18.5 Å². The maximum absolute atomic E-state index is 12.9. The Kier molecular flexibility index (Phi) is 2.51. The number of hydrogen-bond donors (Lipinski definition) is 1. The maximum atomic E-state index is 12.9. The van der Waals surface area contributed by atoms with E-state index in [0.717, 1.165) is 12.1 Å². The first kappa shape index (κ1) is 10.5. The van der Waals surface area contributed by atoms with E-state index in [2.05, 4.69) is 10.3 Å². The van der Waals surface area contributed by atoms with Crippen LogP contribution in [-0.4, -0.2) is 26.1 Å². The summed E-state index contributed by atoms with van der Waals surface area (Å²) in [5, 5.41) is 15.7. The van der Waals surface area contributed by atoms with Crippen LogP contribution in [0.1, 0.15) is 6.42 Å². The number of carbonyl (C=O) groups is 1. The summed E-state index contributed by atoms with van der Waals surface area (Å²) in [6.07, 6.45) is -0.155. The van der Waals surface area contributed by atoms with Crippen LogP contribution in [0.25, 0.3) is 11.0 Å². The molecule has 0 aliphatic rings. The van der Waals surface area contributed by atoms with Crippen LogP contribution in [0.3, 0.4) is 0 Å². The fourth-order valence-corrected chi connectivity index (χ4v) is 1.33. The molecule has 0 aliphatic carbocycles. The van der Waals surface area contributed by atoms with Crippen molar-refractivity contribution in [2.45, 2.75) is 13.0 Å². The first-order valence-corrected chi connectivity index (χ1v) is 4.48. The summed E-state index contributed by atoms with van der Waals surface area (Å²) in [7, 11) is 0. The van der Waals surface area contributed by atoms with Gasteiger partial charge in [0.2, 0.25) is 0 Å². The van der Waals surface area contributed by atoms with Crippen molar-refractivity contribution < 1.29 is 18.7 Å². The zero-order chi connectivity index (χ0) is 11.7. The Bertz CT molecular complexity index is 553. The summed E-state index contributed by atoms with van der Waals surface area (Å²) in [5.41, 5.74) is 0.476. The van der Waals surface area contributed by atoms with Crippen molar-refractivity contribution in [3.05, 3.63) is 23.8 Å². The molecule has 0 aliphatic heterocycles. The average molecular weight is 227 g/mol. The van der Waals surface area contributed by atoms with E-state index >= 15 is 0 Å². The third-order valence-corrected chi connectivity index (χ3v) is 2.09. The molecule has 1 aromatic heterocycles. The monoisotopic (exact) mass is 227 g/mol. The van der Waals surface area contributed by atoms with Gasteiger partial charge in [0, 0.05) is 12.1 Å². The summed E-state index contributed by atoms with van der Waals surface area (Å²) >= 11 is 0. The molecule has 0 bridgehead atoms. The Morgan fingerprint density at radius 3 is 2.75 bits per heavy atom. The molecule has 2 aromatic rings. The van der Waals surface area contributed by atoms with E-state index in [1.807, 2.05) is 0 Å². The number of nitrogens with zero attached hydrogens (tertiary/aromatic N) is 3. The molecule has 84 valence electrons. The van der Waals surface area contributed by atoms with Crippen LogP contribution in [0.15, 0.2) is 12.1 Å². The molecular formula is C9H7F2N3O2. The number of aliphatic carboxylic acids is 1. The highest BCUT2D eigenvalue weighted by Crippen LogP contribution is 2.16. The third-order valence-electron chi connectivity index (χ3n) is 2.09. The lowest BCUT2D eigenvalue weighted by Gasteiger charge is -1.99. The van der Waals surface area contributed by atoms with Crippen LogP contribution in [0.4, 0.5) is 8.78 Å². The Labute approximate surface area is 88.3 Å². The summed E-state index contributed by atoms with van der Waals surface area (Å²) in [6, 6.07) is 1.88. The van der Waals surface area contributed by atoms with Gasteiger partial charge in [-0.15, -0.1) is 5.10 Å². The van der Waals surface area contributed by atoms with Crippen molar-refractivity contribution in [3.8, 4) is 0 Å². The normalized spacial score (nSPS) is 10.9. The molecular weight excluding hydrogens is 220 g/mol. The van der Waals surface area contributed by atoms with Gasteiger partial charge in [0.1, 0.15) is 5.52 Å². The van der Waals surface area contributed by atoms with Gasteiger partial charge in [-0.25, -0.2) is 13.5 Å². The molecule has 0 spiro atoms. The summed E-state index contributed by atoms with van der Waals surface area (Å²) in [4.78, 5) is 10.4. The van der Waals surface area contributed by atoms with E-state index in [9.17, 15) is 13.6 Å². The van der Waals surface area contributed by atoms with Gasteiger partial charge in [-0.3, -0.25) is 4.79 Å². The topological polar surface area (TPSA) is 68.0 Å². The first-order chi connectivity index (χ1) is 7.58. The number of carboxylic acid groups (broad SMARTS) is 1. The Morgan fingerprint density at radius 1 is 1.38 bits per heavy atom. The van der Waals surface area contributed by atoms with E-state index in [-0.39, 0.29) is 24.0 Å². The SMILES string of the molecule is O=C(O)CCn1nnc2cc(F)c(F)cc21. The molecule has 0 unspecified atom stereocenters. The minimum atomic E-state index is -1.01. The molecule has 0 fully saturated rings. The van der Waals surface area contributed by atoms with Gasteiger partial charge in [0.15, 0.2) is 11.6 Å². The third kappa shape index (κ3) is 1.83. The highest BCUT2D eigenvalue weighted by Gasteiger charge is 2.10. The predicted molar refractivity (Wildman–Crippen MR) is 49.7 cm³/mol. The lowest BCUT2D eigenvalue weighted by molar-refractivity contribution is -0.137. The smallest absolute Gasteiger partial charge is 0.305 e. The van der Waals surface area contributed by atoms with Gasteiger partial charge in [-0.1, -0.05) is 5.21 Å². The minimum absolute atomic E-state index is 0.0664. The summed E-state index contributed by atoms with van der Waals surface area (Å²) in [5.74, 6) is -3.00. The van der Waals surface area contributed by atoms with Crippen LogP contribution in [0.5, 0.6) is 0 Å².